The van der Waals surface area contributed by atoms with Crippen LogP contribution >= 0.6 is 0 Å². The molecule has 6 nitrogen and oxygen atoms in total. The largest absolute Gasteiger partial charge is 0.351 e. The fourth-order valence-corrected chi connectivity index (χ4v) is 4.55. The van der Waals surface area contributed by atoms with Crippen LogP contribution in [-0.4, -0.2) is 34.2 Å². The smallest absolute Gasteiger partial charge is 0.252 e. The second-order valence-electron chi connectivity index (χ2n) is 8.59. The number of benzene rings is 1. The molecule has 0 bridgehead atoms. The standard InChI is InChI=1S/C24H33N3O3/c1-5-6-9-21(24(30)25-20-10-7-8-19(20)16(3)28)26-23(29)17-11-12-18-15(2)14-27(4)22(18)13-17/h11-14,19-21H,5-10H2,1-4H3,(H,25,30)(H,26,29)/t19-,20-,21-/m0/s1. The Balaban J connectivity index is 1.73. The molecule has 1 aromatic carbocycles. The number of amides is 2. The maximum atomic E-state index is 13.0. The zero-order valence-electron chi connectivity index (χ0n) is 18.5. The van der Waals surface area contributed by atoms with E-state index >= 15 is 0 Å². The molecule has 30 heavy (non-hydrogen) atoms. The summed E-state index contributed by atoms with van der Waals surface area (Å²) in [6.07, 6.45) is 6.98. The van der Waals surface area contributed by atoms with Gasteiger partial charge < -0.3 is 15.2 Å². The van der Waals surface area contributed by atoms with Crippen molar-refractivity contribution in [2.45, 2.75) is 71.4 Å². The maximum Gasteiger partial charge on any atom is 0.252 e. The van der Waals surface area contributed by atoms with Crippen LogP contribution in [0, 0.1) is 12.8 Å². The van der Waals surface area contributed by atoms with Crippen molar-refractivity contribution >= 4 is 28.5 Å². The van der Waals surface area contributed by atoms with Crippen LogP contribution in [0.25, 0.3) is 10.9 Å². The number of nitrogens with zero attached hydrogens (tertiary/aromatic N) is 1. The molecule has 0 unspecified atom stereocenters. The lowest BCUT2D eigenvalue weighted by Gasteiger charge is -2.24. The quantitative estimate of drug-likeness (QED) is 0.696. The molecule has 0 saturated heterocycles. The van der Waals surface area contributed by atoms with Gasteiger partial charge in [-0.3, -0.25) is 14.4 Å². The van der Waals surface area contributed by atoms with Crippen molar-refractivity contribution in [3.05, 3.63) is 35.5 Å². The van der Waals surface area contributed by atoms with Gasteiger partial charge in [0.05, 0.1) is 0 Å². The number of unbranched alkanes of at least 4 members (excludes halogenated alkanes) is 1. The van der Waals surface area contributed by atoms with E-state index in [1.165, 1.54) is 0 Å². The average molecular weight is 412 g/mol. The van der Waals surface area contributed by atoms with E-state index in [1.807, 2.05) is 42.9 Å². The van der Waals surface area contributed by atoms with Crippen molar-refractivity contribution in [1.82, 2.24) is 15.2 Å². The van der Waals surface area contributed by atoms with Crippen molar-refractivity contribution < 1.29 is 14.4 Å². The Morgan fingerprint density at radius 1 is 1.23 bits per heavy atom. The fourth-order valence-electron chi connectivity index (χ4n) is 4.55. The number of hydrogen-bond donors (Lipinski definition) is 2. The Hall–Kier alpha value is -2.63. The van der Waals surface area contributed by atoms with Gasteiger partial charge in [0.1, 0.15) is 11.8 Å². The van der Waals surface area contributed by atoms with Crippen molar-refractivity contribution in [3.8, 4) is 0 Å². The highest BCUT2D eigenvalue weighted by Crippen LogP contribution is 2.26. The molecule has 0 radical (unpaired) electrons. The van der Waals surface area contributed by atoms with Crippen LogP contribution in [0.1, 0.15) is 68.3 Å². The van der Waals surface area contributed by atoms with Crippen LogP contribution < -0.4 is 10.6 Å². The van der Waals surface area contributed by atoms with Crippen molar-refractivity contribution in [2.75, 3.05) is 0 Å². The average Bonchev–Trinajstić information content (AvgIpc) is 3.29. The second kappa shape index (κ2) is 9.45. The van der Waals surface area contributed by atoms with Gasteiger partial charge in [0.2, 0.25) is 5.91 Å². The summed E-state index contributed by atoms with van der Waals surface area (Å²) < 4.78 is 2.00. The number of hydrogen-bond acceptors (Lipinski definition) is 3. The molecule has 1 aromatic heterocycles. The lowest BCUT2D eigenvalue weighted by molar-refractivity contribution is -0.125. The van der Waals surface area contributed by atoms with E-state index in [-0.39, 0.29) is 29.6 Å². The molecule has 162 valence electrons. The van der Waals surface area contributed by atoms with E-state index in [4.69, 9.17) is 0 Å². The summed E-state index contributed by atoms with van der Waals surface area (Å²) in [7, 11) is 1.96. The number of rotatable bonds is 8. The number of aryl methyl sites for hydroxylation is 2. The zero-order chi connectivity index (χ0) is 21.8. The summed E-state index contributed by atoms with van der Waals surface area (Å²) in [4.78, 5) is 37.8. The van der Waals surface area contributed by atoms with E-state index in [9.17, 15) is 14.4 Å². The van der Waals surface area contributed by atoms with Gasteiger partial charge in [0, 0.05) is 41.7 Å². The molecule has 1 fully saturated rings. The molecule has 2 aromatic rings. The molecule has 1 saturated carbocycles. The molecular weight excluding hydrogens is 378 g/mol. The topological polar surface area (TPSA) is 80.2 Å². The van der Waals surface area contributed by atoms with Crippen molar-refractivity contribution in [3.63, 3.8) is 0 Å². The molecule has 2 amide bonds. The first-order chi connectivity index (χ1) is 14.3. The first-order valence-corrected chi connectivity index (χ1v) is 11.0. The first kappa shape index (κ1) is 22.1. The lowest BCUT2D eigenvalue weighted by Crippen LogP contribution is -2.51. The monoisotopic (exact) mass is 411 g/mol. The predicted molar refractivity (Wildman–Crippen MR) is 118 cm³/mol. The van der Waals surface area contributed by atoms with Gasteiger partial charge in [-0.2, -0.15) is 0 Å². The van der Waals surface area contributed by atoms with E-state index in [0.29, 0.717) is 12.0 Å². The van der Waals surface area contributed by atoms with E-state index in [1.54, 1.807) is 6.92 Å². The number of nitrogens with one attached hydrogen (secondary N) is 2. The molecular formula is C24H33N3O3. The fraction of sp³-hybridized carbons (Fsp3) is 0.542. The van der Waals surface area contributed by atoms with Crippen LogP contribution in [0.2, 0.25) is 0 Å². The van der Waals surface area contributed by atoms with Crippen LogP contribution in [0.15, 0.2) is 24.4 Å². The Kier molecular flexibility index (Phi) is 6.95. The van der Waals surface area contributed by atoms with Crippen molar-refractivity contribution in [1.29, 1.82) is 0 Å². The van der Waals surface area contributed by atoms with Crippen molar-refractivity contribution in [2.24, 2.45) is 13.0 Å². The molecule has 0 aliphatic heterocycles. The third-order valence-corrected chi connectivity index (χ3v) is 6.29. The van der Waals surface area contributed by atoms with Crippen LogP contribution in [0.5, 0.6) is 0 Å². The Labute approximate surface area is 178 Å². The molecule has 2 N–H and O–H groups in total. The predicted octanol–water partition coefficient (Wildman–Crippen LogP) is 3.65. The van der Waals surface area contributed by atoms with E-state index in [2.05, 4.69) is 17.6 Å². The molecule has 1 aliphatic carbocycles. The van der Waals surface area contributed by atoms with Crippen LogP contribution in [-0.2, 0) is 16.6 Å². The van der Waals surface area contributed by atoms with Gasteiger partial charge in [-0.05, 0) is 50.8 Å². The molecule has 3 rings (SSSR count). The molecule has 1 aliphatic rings. The number of aromatic nitrogens is 1. The minimum atomic E-state index is -0.600. The number of ketones is 1. The van der Waals surface area contributed by atoms with Gasteiger partial charge in [-0.15, -0.1) is 0 Å². The number of Topliss-reactive ketones (excluding diaryl/α,β-unsaturated/α-hetero) is 1. The number of fused-ring (bicyclic) bond motifs is 1. The zero-order valence-corrected chi connectivity index (χ0v) is 18.5. The lowest BCUT2D eigenvalue weighted by atomic mass is 9.98. The highest BCUT2D eigenvalue weighted by Gasteiger charge is 2.33. The summed E-state index contributed by atoms with van der Waals surface area (Å²) in [6, 6.07) is 4.91. The van der Waals surface area contributed by atoms with Gasteiger partial charge in [0.15, 0.2) is 0 Å². The summed E-state index contributed by atoms with van der Waals surface area (Å²) in [6.45, 7) is 5.70. The second-order valence-corrected chi connectivity index (χ2v) is 8.59. The third kappa shape index (κ3) is 4.74. The molecule has 6 heteroatoms. The Morgan fingerprint density at radius 3 is 2.70 bits per heavy atom. The molecule has 3 atom stereocenters. The van der Waals surface area contributed by atoms with Gasteiger partial charge >= 0.3 is 0 Å². The molecule has 1 heterocycles. The summed E-state index contributed by atoms with van der Waals surface area (Å²) in [5, 5.41) is 7.09. The maximum absolute atomic E-state index is 13.0. The Bertz CT molecular complexity index is 947. The van der Waals surface area contributed by atoms with Gasteiger partial charge in [-0.1, -0.05) is 32.3 Å². The molecule has 0 spiro atoms. The summed E-state index contributed by atoms with van der Waals surface area (Å²) in [5.41, 5.74) is 2.70. The normalized spacial score (nSPS) is 19.6. The van der Waals surface area contributed by atoms with Gasteiger partial charge in [0.25, 0.3) is 5.91 Å². The highest BCUT2D eigenvalue weighted by molar-refractivity contribution is 6.00. The van der Waals surface area contributed by atoms with Gasteiger partial charge in [-0.25, -0.2) is 0 Å². The summed E-state index contributed by atoms with van der Waals surface area (Å²) >= 11 is 0. The number of carbonyl (C=O) groups excluding carboxylic acids is 3. The van der Waals surface area contributed by atoms with Crippen LogP contribution in [0.4, 0.5) is 0 Å². The SMILES string of the molecule is CCCC[C@H](NC(=O)c1ccc2c(C)cn(C)c2c1)C(=O)N[C@H]1CCC[C@H]1C(C)=O. The van der Waals surface area contributed by atoms with E-state index in [0.717, 1.165) is 48.6 Å². The summed E-state index contributed by atoms with van der Waals surface area (Å²) in [5.74, 6) is -0.426. The van der Waals surface area contributed by atoms with Crippen LogP contribution in [0.3, 0.4) is 0 Å². The Morgan fingerprint density at radius 2 is 2.00 bits per heavy atom. The minimum Gasteiger partial charge on any atom is -0.351 e. The third-order valence-electron chi connectivity index (χ3n) is 6.29. The van der Waals surface area contributed by atoms with E-state index < -0.39 is 6.04 Å². The first-order valence-electron chi connectivity index (χ1n) is 11.0. The minimum absolute atomic E-state index is 0.112. The highest BCUT2D eigenvalue weighted by atomic mass is 16.2. The number of carbonyl (C=O) groups is 3.